The van der Waals surface area contributed by atoms with Gasteiger partial charge in [0.2, 0.25) is 0 Å². The van der Waals surface area contributed by atoms with Crippen molar-refractivity contribution >= 4 is 0 Å². The molecule has 0 heteroatoms. The summed E-state index contributed by atoms with van der Waals surface area (Å²) in [6.45, 7) is 12.8. The van der Waals surface area contributed by atoms with Crippen LogP contribution in [-0.2, 0) is 0 Å². The Hall–Kier alpha value is -0.520. The van der Waals surface area contributed by atoms with Crippen LogP contribution in [0.25, 0.3) is 0 Å². The lowest BCUT2D eigenvalue weighted by atomic mass is 9.92. The van der Waals surface area contributed by atoms with Crippen molar-refractivity contribution in [2.45, 2.75) is 40.5 Å². The molecule has 0 saturated carbocycles. The molecule has 0 N–H and O–H groups in total. The lowest BCUT2D eigenvalue weighted by Crippen LogP contribution is -1.99. The first kappa shape index (κ1) is 10.5. The molecule has 1 unspecified atom stereocenters. The van der Waals surface area contributed by atoms with Crippen molar-refractivity contribution in [3.8, 4) is 0 Å². The molecule has 0 rings (SSSR count). The molecule has 11 heavy (non-hydrogen) atoms. The summed E-state index contributed by atoms with van der Waals surface area (Å²) in [5.41, 5.74) is 2.80. The first-order chi connectivity index (χ1) is 5.13. The van der Waals surface area contributed by atoms with E-state index >= 15 is 0 Å². The van der Waals surface area contributed by atoms with Gasteiger partial charge in [-0.05, 0) is 26.2 Å². The second-order valence-electron chi connectivity index (χ2n) is 3.16. The van der Waals surface area contributed by atoms with Crippen molar-refractivity contribution < 1.29 is 0 Å². The molecule has 0 nitrogen and oxygen atoms in total. The van der Waals surface area contributed by atoms with Gasteiger partial charge in [-0.2, -0.15) is 0 Å². The third-order valence-corrected chi connectivity index (χ3v) is 2.32. The summed E-state index contributed by atoms with van der Waals surface area (Å²) < 4.78 is 0. The van der Waals surface area contributed by atoms with Crippen LogP contribution >= 0.6 is 0 Å². The first-order valence-electron chi connectivity index (χ1n) is 4.43. The highest BCUT2D eigenvalue weighted by molar-refractivity contribution is 5.15. The zero-order valence-electron chi connectivity index (χ0n) is 8.28. The fourth-order valence-electron chi connectivity index (χ4n) is 1.11. The van der Waals surface area contributed by atoms with E-state index in [1.807, 2.05) is 0 Å². The molecule has 0 radical (unpaired) electrons. The van der Waals surface area contributed by atoms with E-state index in [2.05, 4.69) is 40.3 Å². The minimum atomic E-state index is 0.569. The monoisotopic (exact) mass is 152 g/mol. The summed E-state index contributed by atoms with van der Waals surface area (Å²) >= 11 is 0. The minimum Gasteiger partial charge on any atom is -0.0993 e. The maximum atomic E-state index is 4.07. The summed E-state index contributed by atoms with van der Waals surface area (Å²) in [4.78, 5) is 0. The molecular weight excluding hydrogens is 132 g/mol. The van der Waals surface area contributed by atoms with Gasteiger partial charge in [0.15, 0.2) is 0 Å². The highest BCUT2D eigenvalue weighted by atomic mass is 14.1. The van der Waals surface area contributed by atoms with Gasteiger partial charge in [0.25, 0.3) is 0 Å². The Kier molecular flexibility index (Phi) is 4.93. The summed E-state index contributed by atoms with van der Waals surface area (Å²) in [6.07, 6.45) is 4.54. The summed E-state index contributed by atoms with van der Waals surface area (Å²) in [7, 11) is 0. The van der Waals surface area contributed by atoms with Gasteiger partial charge in [-0.3, -0.25) is 0 Å². The quantitative estimate of drug-likeness (QED) is 0.535. The first-order valence-corrected chi connectivity index (χ1v) is 4.43. The molecule has 0 aliphatic rings. The average molecular weight is 152 g/mol. The Labute approximate surface area is 71.0 Å². The van der Waals surface area contributed by atoms with E-state index in [9.17, 15) is 0 Å². The summed E-state index contributed by atoms with van der Waals surface area (Å²) in [6, 6.07) is 0. The normalized spacial score (nSPS) is 14.7. The van der Waals surface area contributed by atoms with Crippen molar-refractivity contribution in [2.24, 2.45) is 5.92 Å². The zero-order chi connectivity index (χ0) is 8.85. The van der Waals surface area contributed by atoms with E-state index in [1.54, 1.807) is 0 Å². The molecule has 0 heterocycles. The second-order valence-corrected chi connectivity index (χ2v) is 3.16. The number of allylic oxidation sites excluding steroid dienone is 3. The molecule has 64 valence electrons. The van der Waals surface area contributed by atoms with Crippen LogP contribution in [0.1, 0.15) is 40.5 Å². The lowest BCUT2D eigenvalue weighted by molar-refractivity contribution is 0.728. The van der Waals surface area contributed by atoms with Crippen LogP contribution in [0.5, 0.6) is 0 Å². The van der Waals surface area contributed by atoms with E-state index in [0.717, 1.165) is 6.42 Å². The fraction of sp³-hybridized carbons (Fsp3) is 0.636. The van der Waals surface area contributed by atoms with Crippen LogP contribution < -0.4 is 0 Å². The van der Waals surface area contributed by atoms with E-state index in [4.69, 9.17) is 0 Å². The zero-order valence-corrected chi connectivity index (χ0v) is 8.28. The second kappa shape index (κ2) is 5.17. The van der Waals surface area contributed by atoms with Crippen molar-refractivity contribution in [3.05, 3.63) is 23.8 Å². The Morgan fingerprint density at radius 2 is 2.09 bits per heavy atom. The molecule has 0 aromatic heterocycles. The van der Waals surface area contributed by atoms with Crippen molar-refractivity contribution in [1.29, 1.82) is 0 Å². The van der Waals surface area contributed by atoms with Gasteiger partial charge in [0.1, 0.15) is 0 Å². The van der Waals surface area contributed by atoms with Crippen LogP contribution in [-0.4, -0.2) is 0 Å². The van der Waals surface area contributed by atoms with Gasteiger partial charge in [0, 0.05) is 0 Å². The summed E-state index contributed by atoms with van der Waals surface area (Å²) in [5, 5.41) is 0. The maximum Gasteiger partial charge on any atom is -0.00270 e. The molecule has 1 atom stereocenters. The van der Waals surface area contributed by atoms with Gasteiger partial charge in [-0.25, -0.2) is 0 Å². The van der Waals surface area contributed by atoms with Crippen LogP contribution in [0.4, 0.5) is 0 Å². The molecule has 0 aromatic rings. The molecule has 0 aliphatic heterocycles. The maximum absolute atomic E-state index is 4.07. The SMILES string of the molecule is C=C(CCC)C(C)C(C)=CC. The van der Waals surface area contributed by atoms with Gasteiger partial charge >= 0.3 is 0 Å². The minimum absolute atomic E-state index is 0.569. The Balaban J connectivity index is 4.02. The van der Waals surface area contributed by atoms with E-state index in [-0.39, 0.29) is 0 Å². The molecule has 0 saturated heterocycles. The molecule has 0 fully saturated rings. The molecule has 0 aromatic carbocycles. The average Bonchev–Trinajstić information content (AvgIpc) is 2.02. The van der Waals surface area contributed by atoms with Crippen LogP contribution in [0, 0.1) is 5.92 Å². The molecule has 0 aliphatic carbocycles. The van der Waals surface area contributed by atoms with Gasteiger partial charge in [0.05, 0.1) is 0 Å². The topological polar surface area (TPSA) is 0 Å². The Morgan fingerprint density at radius 1 is 1.55 bits per heavy atom. The van der Waals surface area contributed by atoms with E-state index in [1.165, 1.54) is 17.6 Å². The molecule has 0 amide bonds. The highest BCUT2D eigenvalue weighted by Crippen LogP contribution is 2.21. The lowest BCUT2D eigenvalue weighted by Gasteiger charge is -2.14. The van der Waals surface area contributed by atoms with Crippen LogP contribution in [0.3, 0.4) is 0 Å². The standard InChI is InChI=1S/C11H20/c1-6-8-10(4)11(5)9(3)7-2/h7,11H,4,6,8H2,1-3,5H3. The third kappa shape index (κ3) is 3.41. The van der Waals surface area contributed by atoms with Gasteiger partial charge in [-0.1, -0.05) is 44.1 Å². The predicted molar refractivity (Wildman–Crippen MR) is 52.6 cm³/mol. The summed E-state index contributed by atoms with van der Waals surface area (Å²) in [5.74, 6) is 0.569. The highest BCUT2D eigenvalue weighted by Gasteiger charge is 2.05. The molecule has 0 spiro atoms. The van der Waals surface area contributed by atoms with Crippen molar-refractivity contribution in [1.82, 2.24) is 0 Å². The smallest absolute Gasteiger partial charge is 0.00270 e. The van der Waals surface area contributed by atoms with Gasteiger partial charge in [-0.15, -0.1) is 0 Å². The molecule has 0 bridgehead atoms. The van der Waals surface area contributed by atoms with Crippen LogP contribution in [0.2, 0.25) is 0 Å². The van der Waals surface area contributed by atoms with E-state index < -0.39 is 0 Å². The largest absolute Gasteiger partial charge is 0.0993 e. The van der Waals surface area contributed by atoms with E-state index in [0.29, 0.717) is 5.92 Å². The number of hydrogen-bond donors (Lipinski definition) is 0. The van der Waals surface area contributed by atoms with Crippen molar-refractivity contribution in [2.75, 3.05) is 0 Å². The molecular formula is C11H20. The fourth-order valence-corrected chi connectivity index (χ4v) is 1.11. The number of hydrogen-bond acceptors (Lipinski definition) is 0. The number of rotatable bonds is 4. The third-order valence-electron chi connectivity index (χ3n) is 2.32. The predicted octanol–water partition coefficient (Wildman–Crippen LogP) is 3.95. The van der Waals surface area contributed by atoms with Crippen LogP contribution in [0.15, 0.2) is 23.8 Å². The van der Waals surface area contributed by atoms with Crippen molar-refractivity contribution in [3.63, 3.8) is 0 Å². The Morgan fingerprint density at radius 3 is 2.45 bits per heavy atom. The van der Waals surface area contributed by atoms with Gasteiger partial charge < -0.3 is 0 Å². The Bertz CT molecular complexity index is 151.